The van der Waals surface area contributed by atoms with E-state index >= 15 is 0 Å². The molecule has 0 aromatic rings. The minimum atomic E-state index is -0.771. The van der Waals surface area contributed by atoms with E-state index < -0.39 is 5.97 Å². The third-order valence-corrected chi connectivity index (χ3v) is 2.73. The highest BCUT2D eigenvalue weighted by Crippen LogP contribution is 2.29. The Morgan fingerprint density at radius 1 is 1.57 bits per heavy atom. The minimum Gasteiger partial charge on any atom is -0.478 e. The number of likely N-dealkylation sites (N-methyl/N-ethyl adjacent to an activating group) is 1. The quantitative estimate of drug-likeness (QED) is 0.696. The first-order chi connectivity index (χ1) is 6.32. The van der Waals surface area contributed by atoms with Crippen LogP contribution in [-0.4, -0.2) is 35.6 Å². The highest BCUT2D eigenvalue weighted by molar-refractivity contribution is 5.86. The summed E-state index contributed by atoms with van der Waals surface area (Å²) in [4.78, 5) is 13.1. The standard InChI is InChI=1S/C11H19NO2/c1-11(2,3)9-7-8(10(13)14)5-6-12(9)4/h7,9H,5-6H2,1-4H3,(H,13,14). The number of carboxylic acid groups (broad SMARTS) is 1. The van der Waals surface area contributed by atoms with Gasteiger partial charge in [0, 0.05) is 18.2 Å². The molecular formula is C11H19NO2. The molecule has 0 saturated carbocycles. The maximum atomic E-state index is 10.8. The average Bonchev–Trinajstić information content (AvgIpc) is 2.02. The monoisotopic (exact) mass is 197 g/mol. The van der Waals surface area contributed by atoms with Crippen molar-refractivity contribution in [2.24, 2.45) is 5.41 Å². The predicted octanol–water partition coefficient (Wildman–Crippen LogP) is 1.75. The molecule has 0 spiro atoms. The van der Waals surface area contributed by atoms with E-state index in [2.05, 4.69) is 25.7 Å². The number of nitrogens with zero attached hydrogens (tertiary/aromatic N) is 1. The molecule has 0 aromatic heterocycles. The molecule has 0 radical (unpaired) electrons. The van der Waals surface area contributed by atoms with Gasteiger partial charge in [-0.1, -0.05) is 26.8 Å². The molecule has 0 saturated heterocycles. The second kappa shape index (κ2) is 3.73. The van der Waals surface area contributed by atoms with Crippen LogP contribution in [0, 0.1) is 5.41 Å². The molecule has 0 aromatic carbocycles. The van der Waals surface area contributed by atoms with Crippen molar-refractivity contribution in [3.8, 4) is 0 Å². The number of rotatable bonds is 1. The Labute approximate surface area is 85.4 Å². The minimum absolute atomic E-state index is 0.0931. The van der Waals surface area contributed by atoms with Crippen molar-refractivity contribution >= 4 is 5.97 Å². The molecule has 1 heterocycles. The second-order valence-corrected chi connectivity index (χ2v) is 5.04. The Bertz CT molecular complexity index is 263. The maximum absolute atomic E-state index is 10.8. The van der Waals surface area contributed by atoms with Crippen LogP contribution in [0.25, 0.3) is 0 Å². The third kappa shape index (κ3) is 2.35. The summed E-state index contributed by atoms with van der Waals surface area (Å²) in [6.45, 7) is 7.24. The zero-order valence-corrected chi connectivity index (χ0v) is 9.37. The molecule has 0 aliphatic carbocycles. The van der Waals surface area contributed by atoms with E-state index in [1.807, 2.05) is 13.1 Å². The van der Waals surface area contributed by atoms with Gasteiger partial charge in [0.25, 0.3) is 0 Å². The van der Waals surface area contributed by atoms with Gasteiger partial charge in [-0.3, -0.25) is 4.90 Å². The lowest BCUT2D eigenvalue weighted by atomic mass is 9.82. The average molecular weight is 197 g/mol. The Morgan fingerprint density at radius 2 is 2.14 bits per heavy atom. The van der Waals surface area contributed by atoms with E-state index in [-0.39, 0.29) is 11.5 Å². The van der Waals surface area contributed by atoms with E-state index in [9.17, 15) is 4.79 Å². The highest BCUT2D eigenvalue weighted by atomic mass is 16.4. The molecule has 14 heavy (non-hydrogen) atoms. The summed E-state index contributed by atoms with van der Waals surface area (Å²) in [5, 5.41) is 8.92. The fraction of sp³-hybridized carbons (Fsp3) is 0.727. The largest absolute Gasteiger partial charge is 0.478 e. The molecule has 1 N–H and O–H groups in total. The smallest absolute Gasteiger partial charge is 0.331 e. The van der Waals surface area contributed by atoms with Gasteiger partial charge in [0.1, 0.15) is 0 Å². The van der Waals surface area contributed by atoms with Crippen molar-refractivity contribution in [1.29, 1.82) is 0 Å². The second-order valence-electron chi connectivity index (χ2n) is 5.04. The molecule has 3 heteroatoms. The topological polar surface area (TPSA) is 40.5 Å². The maximum Gasteiger partial charge on any atom is 0.331 e. The van der Waals surface area contributed by atoms with Crippen LogP contribution in [0.15, 0.2) is 11.6 Å². The van der Waals surface area contributed by atoms with Crippen LogP contribution >= 0.6 is 0 Å². The first-order valence-corrected chi connectivity index (χ1v) is 4.96. The van der Waals surface area contributed by atoms with Gasteiger partial charge in [-0.05, 0) is 18.9 Å². The van der Waals surface area contributed by atoms with Crippen LogP contribution < -0.4 is 0 Å². The van der Waals surface area contributed by atoms with Crippen LogP contribution in [-0.2, 0) is 4.79 Å². The lowest BCUT2D eigenvalue weighted by molar-refractivity contribution is -0.133. The van der Waals surface area contributed by atoms with Crippen LogP contribution in [0.4, 0.5) is 0 Å². The molecule has 0 amide bonds. The molecule has 80 valence electrons. The molecule has 1 rings (SSSR count). The summed E-state index contributed by atoms with van der Waals surface area (Å²) < 4.78 is 0. The van der Waals surface area contributed by atoms with Crippen molar-refractivity contribution in [3.63, 3.8) is 0 Å². The van der Waals surface area contributed by atoms with Crippen molar-refractivity contribution in [1.82, 2.24) is 4.90 Å². The van der Waals surface area contributed by atoms with Gasteiger partial charge in [-0.15, -0.1) is 0 Å². The lowest BCUT2D eigenvalue weighted by Crippen LogP contribution is -2.43. The summed E-state index contributed by atoms with van der Waals surface area (Å²) in [5.74, 6) is -0.771. The van der Waals surface area contributed by atoms with E-state index in [1.54, 1.807) is 0 Å². The fourth-order valence-electron chi connectivity index (χ4n) is 1.93. The predicted molar refractivity (Wildman–Crippen MR) is 56.2 cm³/mol. The SMILES string of the molecule is CN1CCC(C(=O)O)=CC1C(C)(C)C. The first-order valence-electron chi connectivity index (χ1n) is 4.96. The summed E-state index contributed by atoms with van der Waals surface area (Å²) in [7, 11) is 2.05. The first kappa shape index (κ1) is 11.2. The van der Waals surface area contributed by atoms with Crippen molar-refractivity contribution in [2.45, 2.75) is 33.2 Å². The Hall–Kier alpha value is -0.830. The van der Waals surface area contributed by atoms with Crippen LogP contribution in [0.1, 0.15) is 27.2 Å². The Morgan fingerprint density at radius 3 is 2.57 bits per heavy atom. The molecule has 1 aliphatic heterocycles. The Balaban J connectivity index is 2.92. The summed E-state index contributed by atoms with van der Waals surface area (Å²) >= 11 is 0. The number of aliphatic carboxylic acids is 1. The van der Waals surface area contributed by atoms with Gasteiger partial charge in [0.2, 0.25) is 0 Å². The number of hydrogen-bond acceptors (Lipinski definition) is 2. The molecule has 1 aliphatic rings. The van der Waals surface area contributed by atoms with E-state index in [4.69, 9.17) is 5.11 Å². The van der Waals surface area contributed by atoms with Gasteiger partial charge in [0.15, 0.2) is 0 Å². The van der Waals surface area contributed by atoms with E-state index in [1.165, 1.54) is 0 Å². The van der Waals surface area contributed by atoms with Crippen molar-refractivity contribution in [3.05, 3.63) is 11.6 Å². The normalized spacial score (nSPS) is 24.6. The zero-order chi connectivity index (χ0) is 10.9. The fourth-order valence-corrected chi connectivity index (χ4v) is 1.93. The van der Waals surface area contributed by atoms with Gasteiger partial charge >= 0.3 is 5.97 Å². The van der Waals surface area contributed by atoms with Crippen LogP contribution in [0.5, 0.6) is 0 Å². The molecule has 3 nitrogen and oxygen atoms in total. The van der Waals surface area contributed by atoms with Crippen LogP contribution in [0.3, 0.4) is 0 Å². The lowest BCUT2D eigenvalue weighted by Gasteiger charge is -2.39. The van der Waals surface area contributed by atoms with Gasteiger partial charge in [0.05, 0.1) is 0 Å². The number of hydrogen-bond donors (Lipinski definition) is 1. The molecular weight excluding hydrogens is 178 g/mol. The molecule has 1 unspecified atom stereocenters. The summed E-state index contributed by atoms with van der Waals surface area (Å²) in [5.41, 5.74) is 0.651. The van der Waals surface area contributed by atoms with Crippen molar-refractivity contribution < 1.29 is 9.90 Å². The molecule has 0 fully saturated rings. The van der Waals surface area contributed by atoms with Gasteiger partial charge in [-0.25, -0.2) is 4.79 Å². The third-order valence-electron chi connectivity index (χ3n) is 2.73. The summed E-state index contributed by atoms with van der Waals surface area (Å²) in [6, 6.07) is 0.224. The Kier molecular flexibility index (Phi) is 3.00. The molecule has 1 atom stereocenters. The van der Waals surface area contributed by atoms with Gasteiger partial charge < -0.3 is 5.11 Å². The zero-order valence-electron chi connectivity index (χ0n) is 9.37. The molecule has 0 bridgehead atoms. The van der Waals surface area contributed by atoms with Crippen molar-refractivity contribution in [2.75, 3.05) is 13.6 Å². The van der Waals surface area contributed by atoms with E-state index in [0.717, 1.165) is 6.54 Å². The highest BCUT2D eigenvalue weighted by Gasteiger charge is 2.30. The summed E-state index contributed by atoms with van der Waals surface area (Å²) in [6.07, 6.45) is 2.55. The van der Waals surface area contributed by atoms with Gasteiger partial charge in [-0.2, -0.15) is 0 Å². The number of carbonyl (C=O) groups is 1. The van der Waals surface area contributed by atoms with E-state index in [0.29, 0.717) is 12.0 Å². The van der Waals surface area contributed by atoms with Crippen LogP contribution in [0.2, 0.25) is 0 Å². The number of carboxylic acids is 1.